The summed E-state index contributed by atoms with van der Waals surface area (Å²) in [6.07, 6.45) is -2.95. The van der Waals surface area contributed by atoms with E-state index < -0.39 is 81.3 Å². The zero-order valence-corrected chi connectivity index (χ0v) is 28.0. The van der Waals surface area contributed by atoms with Crippen molar-refractivity contribution in [2.75, 3.05) is 18.9 Å². The molecule has 0 aliphatic carbocycles. The number of alkyl halides is 1. The Balaban J connectivity index is 1.08. The molecule has 5 N–H and O–H groups in total. The molecule has 2 saturated heterocycles. The number of hydrogen-bond acceptors (Lipinski definition) is 15. The average molecular weight is 749 g/mol. The minimum absolute atomic E-state index is 0.0298. The van der Waals surface area contributed by atoms with Crippen molar-refractivity contribution in [3.63, 3.8) is 0 Å². The molecule has 0 aromatic carbocycles. The predicted octanol–water partition coefficient (Wildman–Crippen LogP) is 1.41. The quantitative estimate of drug-likeness (QED) is 0.0872. The molecular weight excluding hydrogens is 721 g/mol. The van der Waals surface area contributed by atoms with Gasteiger partial charge in [0, 0.05) is 18.3 Å². The number of aliphatic hydroxyl groups excluding tert-OH is 1. The van der Waals surface area contributed by atoms with Gasteiger partial charge in [0.15, 0.2) is 35.0 Å². The molecule has 5 aromatic rings. The number of rotatable bonds is 10. The van der Waals surface area contributed by atoms with E-state index in [1.165, 1.54) is 23.4 Å². The minimum atomic E-state index is -4.46. The van der Waals surface area contributed by atoms with Gasteiger partial charge in [0.1, 0.15) is 36.4 Å². The normalized spacial score (nSPS) is 30.4. The van der Waals surface area contributed by atoms with Crippen LogP contribution in [0.15, 0.2) is 36.2 Å². The van der Waals surface area contributed by atoms with Gasteiger partial charge in [-0.3, -0.25) is 36.9 Å². The highest BCUT2D eigenvalue weighted by Gasteiger charge is 2.51. The van der Waals surface area contributed by atoms with E-state index in [0.29, 0.717) is 5.65 Å². The lowest BCUT2D eigenvalue weighted by Crippen LogP contribution is -2.34. The molecule has 10 atom stereocenters. The van der Waals surface area contributed by atoms with E-state index >= 15 is 4.39 Å². The summed E-state index contributed by atoms with van der Waals surface area (Å²) in [4.78, 5) is 45.0. The highest BCUT2D eigenvalue weighted by atomic mass is 32.7. The number of ether oxygens (including phenoxy) is 2. The van der Waals surface area contributed by atoms with Crippen LogP contribution in [0.2, 0.25) is 0 Å². The summed E-state index contributed by atoms with van der Waals surface area (Å²) in [6.45, 7) is -8.33. The van der Waals surface area contributed by atoms with Crippen LogP contribution in [0, 0.1) is 5.92 Å². The maximum Gasteiger partial charge on any atom is 0.386 e. The summed E-state index contributed by atoms with van der Waals surface area (Å²) in [5, 5.41) is 11.0. The summed E-state index contributed by atoms with van der Waals surface area (Å²) in [5.74, 6) is -0.272. The number of H-pyrrole nitrogens is 1. The van der Waals surface area contributed by atoms with Crippen LogP contribution in [0.25, 0.3) is 28.1 Å². The molecule has 0 amide bonds. The first kappa shape index (κ1) is 33.5. The lowest BCUT2D eigenvalue weighted by molar-refractivity contribution is -0.0477. The van der Waals surface area contributed by atoms with Crippen LogP contribution in [0.5, 0.6) is 0 Å². The van der Waals surface area contributed by atoms with E-state index in [1.54, 1.807) is 22.1 Å². The topological polar surface area (TPSA) is 258 Å². The number of halogens is 1. The van der Waals surface area contributed by atoms with Gasteiger partial charge < -0.3 is 25.2 Å². The number of nitrogens with two attached hydrogens (primary N) is 1. The molecular formula is C23H27FN10O10P2S2. The molecule has 2 aliphatic heterocycles. The van der Waals surface area contributed by atoms with Gasteiger partial charge in [-0.2, -0.15) is 0 Å². The van der Waals surface area contributed by atoms with Crippen LogP contribution in [-0.2, 0) is 32.2 Å². The van der Waals surface area contributed by atoms with Crippen molar-refractivity contribution in [1.82, 2.24) is 43.4 Å². The first-order chi connectivity index (χ1) is 22.7. The number of nitrogens with one attached hydrogen (secondary N) is 1. The Labute approximate surface area is 278 Å². The number of anilines is 1. The average Bonchev–Trinajstić information content (AvgIpc) is 3.84. The van der Waals surface area contributed by atoms with Crippen molar-refractivity contribution >= 4 is 72.0 Å². The van der Waals surface area contributed by atoms with E-state index in [4.69, 9.17) is 28.8 Å². The molecule has 7 rings (SSSR count). The van der Waals surface area contributed by atoms with Crippen LogP contribution in [0.3, 0.4) is 0 Å². The Kier molecular flexibility index (Phi) is 8.68. The van der Waals surface area contributed by atoms with Crippen LogP contribution in [0.4, 0.5) is 10.2 Å². The van der Waals surface area contributed by atoms with Crippen LogP contribution in [-0.4, -0.2) is 97.2 Å². The molecule has 2 fully saturated rings. The third kappa shape index (κ3) is 6.06. The predicted molar refractivity (Wildman–Crippen MR) is 169 cm³/mol. The molecule has 7 heterocycles. The standard InChI is InChI=1S/C23H27FN10O10P2S2/c1-9-15(35)10(42-21(9)34-8-30-14-19(36)31-23-26-2-3-32(23)20(14)34)4-41-46(39,48)44-16-11(5-40-45(37,38)47)43-22(12(16)24)33-7-29-13-17(25)27-6-28-18(13)33/h2-3,6-12,15-16,21-22,35H,4-5H2,1H3,(H,39,48)(H2,25,27,28)(H,26,31,36)(H2,37,38,47)/t9-,10-,11-,12-,15+,16-,21-,22-,46-/m1/s1. The third-order valence-electron chi connectivity index (χ3n) is 8.03. The van der Waals surface area contributed by atoms with Crippen molar-refractivity contribution in [2.24, 2.45) is 5.92 Å². The highest BCUT2D eigenvalue weighted by molar-refractivity contribution is 8.44. The second-order valence-electron chi connectivity index (χ2n) is 11.0. The van der Waals surface area contributed by atoms with Gasteiger partial charge in [-0.05, 0) is 0 Å². The van der Waals surface area contributed by atoms with E-state index in [-0.39, 0.29) is 28.3 Å². The van der Waals surface area contributed by atoms with Gasteiger partial charge in [-0.1, -0.05) is 31.4 Å². The second-order valence-corrected chi connectivity index (χ2v) is 16.7. The molecule has 0 spiro atoms. The number of thiol groups is 2. The molecule has 1 unspecified atom stereocenters. The number of aliphatic hydroxyl groups is 1. The fourth-order valence-corrected chi connectivity index (χ4v) is 7.79. The number of fused-ring (bicyclic) bond motifs is 4. The Bertz CT molecular complexity index is 2160. The van der Waals surface area contributed by atoms with Crippen LogP contribution < -0.4 is 11.3 Å². The largest absolute Gasteiger partial charge is 0.390 e. The van der Waals surface area contributed by atoms with Crippen LogP contribution in [0.1, 0.15) is 19.4 Å². The first-order valence-electron chi connectivity index (χ1n) is 14.1. The fourth-order valence-electron chi connectivity index (χ4n) is 5.77. The third-order valence-corrected chi connectivity index (χ3v) is 10.5. The first-order valence-corrected chi connectivity index (χ1v) is 19.5. The molecule has 25 heteroatoms. The SMILES string of the molecule is C[C@@H]1[C@H](O)[C@@H](CO[P@@](=O)(S)O[C@H]2[C@@H](F)[C@H](n3cnc4c(N)ncnc43)O[C@@H]2COP(=O)(O)S)O[C@H]1n1cnc2c(=O)[nH]c3nccn3c21. The maximum absolute atomic E-state index is 16.1. The molecule has 258 valence electrons. The zero-order valence-electron chi connectivity index (χ0n) is 24.4. The highest BCUT2D eigenvalue weighted by Crippen LogP contribution is 2.57. The van der Waals surface area contributed by atoms with Crippen molar-refractivity contribution in [2.45, 2.75) is 50.0 Å². The lowest BCUT2D eigenvalue weighted by Gasteiger charge is -2.24. The summed E-state index contributed by atoms with van der Waals surface area (Å²) in [6, 6.07) is 0. The molecule has 48 heavy (non-hydrogen) atoms. The number of nitrogens with zero attached hydrogens (tertiary/aromatic N) is 8. The second kappa shape index (κ2) is 12.4. The van der Waals surface area contributed by atoms with E-state index in [1.807, 2.05) is 0 Å². The van der Waals surface area contributed by atoms with E-state index in [2.05, 4.69) is 54.4 Å². The maximum atomic E-state index is 16.1. The fraction of sp³-hybridized carbons (Fsp3) is 0.478. The van der Waals surface area contributed by atoms with Crippen molar-refractivity contribution in [3.05, 3.63) is 41.7 Å². The molecule has 20 nitrogen and oxygen atoms in total. The summed E-state index contributed by atoms with van der Waals surface area (Å²) in [7, 11) is 0. The molecule has 2 aliphatic rings. The number of aromatic nitrogens is 9. The number of nitrogen functional groups attached to an aromatic ring is 1. The number of hydrogen-bond donors (Lipinski definition) is 6. The van der Waals surface area contributed by atoms with Gasteiger partial charge in [0.25, 0.3) is 5.56 Å². The van der Waals surface area contributed by atoms with Crippen molar-refractivity contribution in [3.8, 4) is 0 Å². The summed E-state index contributed by atoms with van der Waals surface area (Å²) >= 11 is 7.49. The molecule has 0 bridgehead atoms. The van der Waals surface area contributed by atoms with Crippen LogP contribution >= 0.6 is 38.1 Å². The Hall–Kier alpha value is -2.95. The van der Waals surface area contributed by atoms with Gasteiger partial charge in [0.05, 0.1) is 32.0 Å². The van der Waals surface area contributed by atoms with Gasteiger partial charge >= 0.3 is 13.6 Å². The van der Waals surface area contributed by atoms with Gasteiger partial charge in [-0.15, -0.1) is 0 Å². The Morgan fingerprint density at radius 1 is 1.04 bits per heavy atom. The van der Waals surface area contributed by atoms with E-state index in [0.717, 1.165) is 6.33 Å². The molecule has 0 radical (unpaired) electrons. The van der Waals surface area contributed by atoms with Gasteiger partial charge in [-0.25, -0.2) is 38.4 Å². The molecule has 0 saturated carbocycles. The summed E-state index contributed by atoms with van der Waals surface area (Å²) in [5.41, 5.74) is 6.13. The van der Waals surface area contributed by atoms with E-state index in [9.17, 15) is 23.9 Å². The summed E-state index contributed by atoms with van der Waals surface area (Å²) < 4.78 is 73.3. The lowest BCUT2D eigenvalue weighted by atomic mass is 10.0. The zero-order chi connectivity index (χ0) is 34.1. The Morgan fingerprint density at radius 3 is 2.52 bits per heavy atom. The monoisotopic (exact) mass is 748 g/mol. The minimum Gasteiger partial charge on any atom is -0.390 e. The molecule has 5 aromatic heterocycles. The van der Waals surface area contributed by atoms with Crippen molar-refractivity contribution in [1.29, 1.82) is 0 Å². The van der Waals surface area contributed by atoms with Crippen molar-refractivity contribution < 1.29 is 46.6 Å². The smallest absolute Gasteiger partial charge is 0.386 e. The number of aromatic amines is 1. The number of imidazole rings is 3. The Morgan fingerprint density at radius 2 is 1.75 bits per heavy atom. The van der Waals surface area contributed by atoms with Gasteiger partial charge in [0.2, 0.25) is 5.78 Å².